The summed E-state index contributed by atoms with van der Waals surface area (Å²) >= 11 is 0. The van der Waals surface area contributed by atoms with Crippen molar-refractivity contribution in [1.82, 2.24) is 14.4 Å². The molecule has 1 amide bonds. The molecule has 0 aromatic carbocycles. The Morgan fingerprint density at radius 1 is 1.33 bits per heavy atom. The number of carbonyl (C=O) groups is 1. The van der Waals surface area contributed by atoms with Gasteiger partial charge in [0.2, 0.25) is 0 Å². The quantitative estimate of drug-likeness (QED) is 0.668. The van der Waals surface area contributed by atoms with Crippen LogP contribution in [-0.4, -0.2) is 47.2 Å². The lowest BCUT2D eigenvalue weighted by Crippen LogP contribution is -2.25. The number of nitrogens with one attached hydrogen (secondary N) is 2. The van der Waals surface area contributed by atoms with Gasteiger partial charge in [-0.3, -0.25) is 9.59 Å². The van der Waals surface area contributed by atoms with Crippen molar-refractivity contribution >= 4 is 17.2 Å². The van der Waals surface area contributed by atoms with Crippen LogP contribution in [0.5, 0.6) is 5.75 Å². The SMILES string of the molecule is COc1cc2nc(C3COCCO3)cn2cc1NC(=O)c1c(C2CC2)cc[nH]c1=O. The van der Waals surface area contributed by atoms with E-state index in [-0.39, 0.29) is 17.6 Å². The molecule has 0 radical (unpaired) electrons. The minimum absolute atomic E-state index is 0.154. The Bertz CT molecular complexity index is 1160. The number of hydrogen-bond donors (Lipinski definition) is 2. The van der Waals surface area contributed by atoms with E-state index in [0.717, 1.165) is 24.1 Å². The zero-order chi connectivity index (χ0) is 20.7. The number of anilines is 1. The van der Waals surface area contributed by atoms with Crippen LogP contribution in [0, 0.1) is 0 Å². The van der Waals surface area contributed by atoms with Crippen molar-refractivity contribution in [2.75, 3.05) is 32.2 Å². The number of fused-ring (bicyclic) bond motifs is 1. The highest BCUT2D eigenvalue weighted by Gasteiger charge is 2.30. The van der Waals surface area contributed by atoms with Crippen LogP contribution in [0.15, 0.2) is 35.5 Å². The molecular weight excluding hydrogens is 388 g/mol. The van der Waals surface area contributed by atoms with E-state index in [9.17, 15) is 9.59 Å². The minimum Gasteiger partial charge on any atom is -0.494 e. The molecule has 0 spiro atoms. The Labute approximate surface area is 172 Å². The van der Waals surface area contributed by atoms with E-state index in [4.69, 9.17) is 14.2 Å². The first kappa shape index (κ1) is 18.8. The van der Waals surface area contributed by atoms with Crippen molar-refractivity contribution in [2.24, 2.45) is 0 Å². The summed E-state index contributed by atoms with van der Waals surface area (Å²) in [5.74, 6) is 0.265. The molecule has 9 nitrogen and oxygen atoms in total. The Hall–Kier alpha value is -3.17. The third-order valence-corrected chi connectivity index (χ3v) is 5.42. The maximum Gasteiger partial charge on any atom is 0.261 e. The standard InChI is InChI=1S/C21H22N4O5/c1-28-16-8-18-23-15(17-11-29-6-7-30-17)10-25(18)9-14(16)24-21(27)19-13(12-2-3-12)4-5-22-20(19)26/h4-5,8-10,12,17H,2-3,6-7,11H2,1H3,(H,22,26)(H,24,27). The van der Waals surface area contributed by atoms with Crippen LogP contribution in [0.3, 0.4) is 0 Å². The van der Waals surface area contributed by atoms with E-state index < -0.39 is 11.5 Å². The molecule has 5 rings (SSSR count). The van der Waals surface area contributed by atoms with Gasteiger partial charge in [0.15, 0.2) is 0 Å². The molecule has 30 heavy (non-hydrogen) atoms. The largest absolute Gasteiger partial charge is 0.494 e. The molecular formula is C21H22N4O5. The Kier molecular flexibility index (Phi) is 4.76. The van der Waals surface area contributed by atoms with Gasteiger partial charge >= 0.3 is 0 Å². The summed E-state index contributed by atoms with van der Waals surface area (Å²) in [4.78, 5) is 32.5. The topological polar surface area (TPSA) is 107 Å². The lowest BCUT2D eigenvalue weighted by atomic mass is 10.1. The van der Waals surface area contributed by atoms with E-state index in [2.05, 4.69) is 15.3 Å². The average molecular weight is 410 g/mol. The van der Waals surface area contributed by atoms with Gasteiger partial charge in [0, 0.05) is 24.7 Å². The number of aromatic amines is 1. The highest BCUT2D eigenvalue weighted by Crippen LogP contribution is 2.41. The predicted molar refractivity (Wildman–Crippen MR) is 108 cm³/mol. The second-order valence-corrected chi connectivity index (χ2v) is 7.49. The number of aromatic nitrogens is 3. The number of nitrogens with zero attached hydrogens (tertiary/aromatic N) is 2. The van der Waals surface area contributed by atoms with Gasteiger partial charge in [0.25, 0.3) is 11.5 Å². The second-order valence-electron chi connectivity index (χ2n) is 7.49. The summed E-state index contributed by atoms with van der Waals surface area (Å²) in [6, 6.07) is 3.54. The summed E-state index contributed by atoms with van der Waals surface area (Å²) in [6.07, 6.45) is 6.90. The first-order valence-electron chi connectivity index (χ1n) is 9.93. The predicted octanol–water partition coefficient (Wildman–Crippen LogP) is 2.25. The summed E-state index contributed by atoms with van der Waals surface area (Å²) < 4.78 is 18.4. The van der Waals surface area contributed by atoms with Crippen LogP contribution in [-0.2, 0) is 9.47 Å². The molecule has 1 saturated heterocycles. The van der Waals surface area contributed by atoms with E-state index in [1.54, 1.807) is 22.9 Å². The fourth-order valence-corrected chi connectivity index (χ4v) is 3.76. The molecule has 0 bridgehead atoms. The highest BCUT2D eigenvalue weighted by atomic mass is 16.6. The lowest BCUT2D eigenvalue weighted by molar-refractivity contribution is -0.0916. The van der Waals surface area contributed by atoms with E-state index in [1.165, 1.54) is 7.11 Å². The molecule has 2 aliphatic rings. The average Bonchev–Trinajstić information content (AvgIpc) is 3.53. The van der Waals surface area contributed by atoms with Crippen molar-refractivity contribution in [2.45, 2.75) is 24.9 Å². The summed E-state index contributed by atoms with van der Waals surface area (Å²) in [7, 11) is 1.52. The summed E-state index contributed by atoms with van der Waals surface area (Å²) in [5.41, 5.74) is 2.40. The van der Waals surface area contributed by atoms with Gasteiger partial charge in [-0.1, -0.05) is 0 Å². The fourth-order valence-electron chi connectivity index (χ4n) is 3.76. The van der Waals surface area contributed by atoms with Gasteiger partial charge < -0.3 is 28.9 Å². The maximum atomic E-state index is 13.0. The van der Waals surface area contributed by atoms with Crippen LogP contribution >= 0.6 is 0 Å². The number of ether oxygens (including phenoxy) is 3. The van der Waals surface area contributed by atoms with Crippen molar-refractivity contribution in [3.05, 3.63) is 57.9 Å². The molecule has 2 fully saturated rings. The molecule has 1 aliphatic heterocycles. The van der Waals surface area contributed by atoms with Gasteiger partial charge in [-0.05, 0) is 30.4 Å². The summed E-state index contributed by atoms with van der Waals surface area (Å²) in [5, 5.41) is 2.83. The molecule has 1 saturated carbocycles. The number of pyridine rings is 2. The molecule has 4 heterocycles. The number of rotatable bonds is 5. The van der Waals surface area contributed by atoms with E-state index in [1.807, 2.05) is 12.3 Å². The summed E-state index contributed by atoms with van der Waals surface area (Å²) in [6.45, 7) is 1.55. The zero-order valence-corrected chi connectivity index (χ0v) is 16.5. The van der Waals surface area contributed by atoms with Crippen molar-refractivity contribution in [1.29, 1.82) is 0 Å². The second kappa shape index (κ2) is 7.58. The third kappa shape index (κ3) is 3.46. The Balaban J connectivity index is 1.48. The van der Waals surface area contributed by atoms with Gasteiger partial charge in [0.1, 0.15) is 28.8 Å². The van der Waals surface area contributed by atoms with Gasteiger partial charge in [0.05, 0.1) is 32.6 Å². The molecule has 2 N–H and O–H groups in total. The first-order valence-corrected chi connectivity index (χ1v) is 9.93. The van der Waals surface area contributed by atoms with Crippen molar-refractivity contribution in [3.63, 3.8) is 0 Å². The number of carbonyl (C=O) groups excluding carboxylic acids is 1. The first-order chi connectivity index (χ1) is 14.6. The number of imidazole rings is 1. The van der Waals surface area contributed by atoms with Crippen LogP contribution in [0.4, 0.5) is 5.69 Å². The molecule has 3 aromatic rings. The van der Waals surface area contributed by atoms with Crippen LogP contribution in [0.2, 0.25) is 0 Å². The molecule has 156 valence electrons. The van der Waals surface area contributed by atoms with E-state index in [0.29, 0.717) is 36.9 Å². The number of hydrogen-bond acceptors (Lipinski definition) is 6. The van der Waals surface area contributed by atoms with Gasteiger partial charge in [-0.25, -0.2) is 4.98 Å². The minimum atomic E-state index is -0.458. The van der Waals surface area contributed by atoms with Gasteiger partial charge in [-0.15, -0.1) is 0 Å². The maximum absolute atomic E-state index is 13.0. The monoisotopic (exact) mass is 410 g/mol. The Morgan fingerprint density at radius 2 is 2.20 bits per heavy atom. The van der Waals surface area contributed by atoms with Gasteiger partial charge in [-0.2, -0.15) is 0 Å². The van der Waals surface area contributed by atoms with Crippen LogP contribution in [0.1, 0.15) is 46.5 Å². The van der Waals surface area contributed by atoms with Crippen molar-refractivity contribution in [3.8, 4) is 5.75 Å². The number of methoxy groups -OCH3 is 1. The molecule has 1 atom stereocenters. The Morgan fingerprint density at radius 3 is 2.93 bits per heavy atom. The highest BCUT2D eigenvalue weighted by molar-refractivity contribution is 6.06. The van der Waals surface area contributed by atoms with Crippen molar-refractivity contribution < 1.29 is 19.0 Å². The molecule has 9 heteroatoms. The smallest absolute Gasteiger partial charge is 0.261 e. The zero-order valence-electron chi connectivity index (χ0n) is 16.5. The van der Waals surface area contributed by atoms with E-state index >= 15 is 0 Å². The molecule has 3 aromatic heterocycles. The lowest BCUT2D eigenvalue weighted by Gasteiger charge is -2.20. The normalized spacial score (nSPS) is 19.0. The van der Waals surface area contributed by atoms with Crippen LogP contribution in [0.25, 0.3) is 5.65 Å². The third-order valence-electron chi connectivity index (χ3n) is 5.42. The fraction of sp³-hybridized carbons (Fsp3) is 0.381. The number of amides is 1. The molecule has 1 aliphatic carbocycles. The number of H-pyrrole nitrogens is 1. The molecule has 1 unspecified atom stereocenters. The van der Waals surface area contributed by atoms with Crippen LogP contribution < -0.4 is 15.6 Å².